The molecule has 23 heavy (non-hydrogen) atoms. The highest BCUT2D eigenvalue weighted by Crippen LogP contribution is 2.17. The Bertz CT molecular complexity index is 457. The molecule has 1 saturated carbocycles. The van der Waals surface area contributed by atoms with Crippen molar-refractivity contribution >= 4 is 17.5 Å². The van der Waals surface area contributed by atoms with Crippen molar-refractivity contribution in [1.82, 2.24) is 10.6 Å². The van der Waals surface area contributed by atoms with Gasteiger partial charge in [0.25, 0.3) is 0 Å². The van der Waals surface area contributed by atoms with Crippen LogP contribution in [0.5, 0.6) is 5.75 Å². The summed E-state index contributed by atoms with van der Waals surface area (Å²) < 4.78 is 5.54. The Kier molecular flexibility index (Phi) is 8.26. The SMILES string of the molecule is O=C(CNC1CCCCCCC1)NCCOc1ccc(Cl)cc1. The van der Waals surface area contributed by atoms with Crippen molar-refractivity contribution in [2.75, 3.05) is 19.7 Å². The fourth-order valence-corrected chi connectivity index (χ4v) is 2.98. The first kappa shape index (κ1) is 18.1. The predicted octanol–water partition coefficient (Wildman–Crippen LogP) is 3.54. The molecular formula is C18H27ClN2O2. The molecule has 4 nitrogen and oxygen atoms in total. The summed E-state index contributed by atoms with van der Waals surface area (Å²) in [5.41, 5.74) is 0. The molecule has 2 N–H and O–H groups in total. The minimum absolute atomic E-state index is 0.0340. The van der Waals surface area contributed by atoms with Crippen LogP contribution < -0.4 is 15.4 Å². The molecule has 128 valence electrons. The largest absolute Gasteiger partial charge is 0.492 e. The second kappa shape index (κ2) is 10.5. The zero-order valence-corrected chi connectivity index (χ0v) is 14.4. The Labute approximate surface area is 143 Å². The molecule has 0 aromatic heterocycles. The normalized spacial score (nSPS) is 16.4. The van der Waals surface area contributed by atoms with Gasteiger partial charge in [0.15, 0.2) is 0 Å². The summed E-state index contributed by atoms with van der Waals surface area (Å²) in [6.07, 6.45) is 8.93. The van der Waals surface area contributed by atoms with Gasteiger partial charge in [-0.05, 0) is 37.1 Å². The summed E-state index contributed by atoms with van der Waals surface area (Å²) in [5, 5.41) is 6.95. The molecule has 0 atom stereocenters. The molecule has 0 saturated heterocycles. The van der Waals surface area contributed by atoms with Crippen LogP contribution in [-0.4, -0.2) is 31.6 Å². The highest BCUT2D eigenvalue weighted by Gasteiger charge is 2.12. The molecule has 0 spiro atoms. The third kappa shape index (κ3) is 7.71. The topological polar surface area (TPSA) is 50.4 Å². The first-order valence-electron chi connectivity index (χ1n) is 8.62. The molecule has 1 aliphatic carbocycles. The van der Waals surface area contributed by atoms with E-state index in [1.165, 1.54) is 44.9 Å². The summed E-state index contributed by atoms with van der Waals surface area (Å²) in [5.74, 6) is 0.795. The van der Waals surface area contributed by atoms with Crippen LogP contribution in [0.1, 0.15) is 44.9 Å². The van der Waals surface area contributed by atoms with Gasteiger partial charge >= 0.3 is 0 Å². The third-order valence-electron chi connectivity index (χ3n) is 4.16. The maximum atomic E-state index is 11.8. The van der Waals surface area contributed by atoms with Crippen molar-refractivity contribution in [3.05, 3.63) is 29.3 Å². The van der Waals surface area contributed by atoms with Gasteiger partial charge < -0.3 is 15.4 Å². The smallest absolute Gasteiger partial charge is 0.234 e. The summed E-state index contributed by atoms with van der Waals surface area (Å²) in [6, 6.07) is 7.70. The predicted molar refractivity (Wildman–Crippen MR) is 94.1 cm³/mol. The number of hydrogen-bond donors (Lipinski definition) is 2. The van der Waals surface area contributed by atoms with E-state index < -0.39 is 0 Å². The number of carbonyl (C=O) groups is 1. The molecule has 1 aromatic carbocycles. The van der Waals surface area contributed by atoms with Gasteiger partial charge in [-0.15, -0.1) is 0 Å². The van der Waals surface area contributed by atoms with E-state index in [0.29, 0.717) is 30.8 Å². The molecule has 1 fully saturated rings. The Balaban J connectivity index is 1.55. The quantitative estimate of drug-likeness (QED) is 0.748. The van der Waals surface area contributed by atoms with Crippen molar-refractivity contribution in [3.63, 3.8) is 0 Å². The Morgan fingerprint density at radius 3 is 2.43 bits per heavy atom. The standard InChI is InChI=1S/C18H27ClN2O2/c19-15-8-10-17(11-9-15)23-13-12-20-18(22)14-21-16-6-4-2-1-3-5-7-16/h8-11,16,21H,1-7,12-14H2,(H,20,22). The molecule has 0 heterocycles. The maximum absolute atomic E-state index is 11.8. The first-order valence-corrected chi connectivity index (χ1v) is 9.00. The molecule has 0 bridgehead atoms. The van der Waals surface area contributed by atoms with Crippen molar-refractivity contribution in [1.29, 1.82) is 0 Å². The van der Waals surface area contributed by atoms with Crippen LogP contribution in [0.15, 0.2) is 24.3 Å². The molecule has 2 rings (SSSR count). The maximum Gasteiger partial charge on any atom is 0.234 e. The van der Waals surface area contributed by atoms with Gasteiger partial charge in [0, 0.05) is 11.1 Å². The van der Waals surface area contributed by atoms with Gasteiger partial charge in [-0.25, -0.2) is 0 Å². The van der Waals surface area contributed by atoms with Gasteiger partial charge in [0.05, 0.1) is 13.1 Å². The van der Waals surface area contributed by atoms with Crippen LogP contribution in [0, 0.1) is 0 Å². The number of nitrogens with one attached hydrogen (secondary N) is 2. The molecule has 1 amide bonds. The number of rotatable bonds is 7. The van der Waals surface area contributed by atoms with Crippen LogP contribution in [0.2, 0.25) is 5.02 Å². The van der Waals surface area contributed by atoms with Crippen molar-refractivity contribution in [2.24, 2.45) is 0 Å². The number of amides is 1. The monoisotopic (exact) mass is 338 g/mol. The van der Waals surface area contributed by atoms with E-state index in [1.54, 1.807) is 12.1 Å². The molecule has 0 aliphatic heterocycles. The van der Waals surface area contributed by atoms with Crippen LogP contribution >= 0.6 is 11.6 Å². The number of ether oxygens (including phenoxy) is 1. The van der Waals surface area contributed by atoms with E-state index in [0.717, 1.165) is 5.75 Å². The molecule has 1 aliphatic rings. The van der Waals surface area contributed by atoms with Crippen LogP contribution in [0.25, 0.3) is 0 Å². The number of hydrogen-bond acceptors (Lipinski definition) is 3. The lowest BCUT2D eigenvalue weighted by atomic mass is 9.97. The summed E-state index contributed by atoms with van der Waals surface area (Å²) in [6.45, 7) is 1.36. The summed E-state index contributed by atoms with van der Waals surface area (Å²) in [4.78, 5) is 11.8. The third-order valence-corrected chi connectivity index (χ3v) is 4.42. The van der Waals surface area contributed by atoms with E-state index in [1.807, 2.05) is 12.1 Å². The Morgan fingerprint density at radius 1 is 1.09 bits per heavy atom. The first-order chi connectivity index (χ1) is 11.2. The zero-order valence-electron chi connectivity index (χ0n) is 13.7. The lowest BCUT2D eigenvalue weighted by Gasteiger charge is -2.20. The second-order valence-corrected chi connectivity index (χ2v) is 6.51. The van der Waals surface area contributed by atoms with E-state index in [4.69, 9.17) is 16.3 Å². The average molecular weight is 339 g/mol. The van der Waals surface area contributed by atoms with Gasteiger partial charge in [-0.3, -0.25) is 4.79 Å². The fourth-order valence-electron chi connectivity index (χ4n) is 2.85. The molecule has 1 aromatic rings. The van der Waals surface area contributed by atoms with Crippen molar-refractivity contribution in [2.45, 2.75) is 51.0 Å². The molecule has 5 heteroatoms. The van der Waals surface area contributed by atoms with Crippen molar-refractivity contribution < 1.29 is 9.53 Å². The minimum atomic E-state index is 0.0340. The van der Waals surface area contributed by atoms with Crippen LogP contribution in [0.4, 0.5) is 0 Å². The van der Waals surface area contributed by atoms with Crippen LogP contribution in [0.3, 0.4) is 0 Å². The van der Waals surface area contributed by atoms with E-state index in [9.17, 15) is 4.79 Å². The Morgan fingerprint density at radius 2 is 1.74 bits per heavy atom. The van der Waals surface area contributed by atoms with Gasteiger partial charge in [-0.2, -0.15) is 0 Å². The van der Waals surface area contributed by atoms with Crippen LogP contribution in [-0.2, 0) is 4.79 Å². The fraction of sp³-hybridized carbons (Fsp3) is 0.611. The molecular weight excluding hydrogens is 312 g/mol. The minimum Gasteiger partial charge on any atom is -0.492 e. The van der Waals surface area contributed by atoms with Gasteiger partial charge in [0.2, 0.25) is 5.91 Å². The zero-order chi connectivity index (χ0) is 16.3. The molecule has 0 unspecified atom stereocenters. The number of halogens is 1. The lowest BCUT2D eigenvalue weighted by Crippen LogP contribution is -2.40. The van der Waals surface area contributed by atoms with Gasteiger partial charge in [-0.1, -0.05) is 43.7 Å². The number of benzene rings is 1. The summed E-state index contributed by atoms with van der Waals surface area (Å²) >= 11 is 5.81. The van der Waals surface area contributed by atoms with Crippen molar-refractivity contribution in [3.8, 4) is 5.75 Å². The van der Waals surface area contributed by atoms with E-state index in [2.05, 4.69) is 10.6 Å². The second-order valence-electron chi connectivity index (χ2n) is 6.08. The highest BCUT2D eigenvalue weighted by molar-refractivity contribution is 6.30. The molecule has 0 radical (unpaired) electrons. The lowest BCUT2D eigenvalue weighted by molar-refractivity contribution is -0.120. The number of carbonyl (C=O) groups excluding carboxylic acids is 1. The van der Waals surface area contributed by atoms with Gasteiger partial charge in [0.1, 0.15) is 12.4 Å². The Hall–Kier alpha value is -1.26. The average Bonchev–Trinajstić information content (AvgIpc) is 2.52. The van der Waals surface area contributed by atoms with E-state index in [-0.39, 0.29) is 5.91 Å². The summed E-state index contributed by atoms with van der Waals surface area (Å²) in [7, 11) is 0. The van der Waals surface area contributed by atoms with E-state index >= 15 is 0 Å². The highest BCUT2D eigenvalue weighted by atomic mass is 35.5.